The Balaban J connectivity index is 2.69. The Morgan fingerprint density at radius 1 is 1.40 bits per heavy atom. The molecule has 0 atom stereocenters. The van der Waals surface area contributed by atoms with Gasteiger partial charge in [-0.3, -0.25) is 15.1 Å². The lowest BCUT2D eigenvalue weighted by Crippen LogP contribution is -1.88. The number of benzene rings is 1. The molecule has 0 saturated heterocycles. The third kappa shape index (κ3) is 1.60. The molecule has 0 bridgehead atoms. The number of rotatable bonds is 1. The third-order valence-corrected chi connectivity index (χ3v) is 2.00. The highest BCUT2D eigenvalue weighted by molar-refractivity contribution is 5.81. The molecule has 0 radical (unpaired) electrons. The summed E-state index contributed by atoms with van der Waals surface area (Å²) in [6, 6.07) is 7.87. The normalized spacial score (nSPS) is 9.80. The Morgan fingerprint density at radius 2 is 2.20 bits per heavy atom. The van der Waals surface area contributed by atoms with Gasteiger partial charge in [-0.25, -0.2) is 0 Å². The van der Waals surface area contributed by atoms with Gasteiger partial charge in [0.15, 0.2) is 0 Å². The molecule has 0 spiro atoms. The lowest BCUT2D eigenvalue weighted by atomic mass is 10.1. The van der Waals surface area contributed by atoms with Gasteiger partial charge in [0.1, 0.15) is 6.07 Å². The van der Waals surface area contributed by atoms with Crippen LogP contribution >= 0.6 is 0 Å². The number of nitro groups is 1. The van der Waals surface area contributed by atoms with Crippen LogP contribution in [0.1, 0.15) is 5.56 Å². The fourth-order valence-corrected chi connectivity index (χ4v) is 1.29. The topological polar surface area (TPSA) is 79.8 Å². The zero-order valence-corrected chi connectivity index (χ0v) is 7.54. The van der Waals surface area contributed by atoms with E-state index in [0.29, 0.717) is 16.5 Å². The van der Waals surface area contributed by atoms with E-state index in [1.165, 1.54) is 18.3 Å². The highest BCUT2D eigenvalue weighted by Gasteiger charge is 2.06. The number of fused-ring (bicyclic) bond motifs is 1. The summed E-state index contributed by atoms with van der Waals surface area (Å²) in [5.41, 5.74) is 1.03. The van der Waals surface area contributed by atoms with Crippen molar-refractivity contribution < 1.29 is 4.92 Å². The Labute approximate surface area is 84.7 Å². The molecular weight excluding hydrogens is 194 g/mol. The molecule has 15 heavy (non-hydrogen) atoms. The number of hydrogen-bond acceptors (Lipinski definition) is 4. The van der Waals surface area contributed by atoms with Crippen molar-refractivity contribution in [2.45, 2.75) is 0 Å². The maximum atomic E-state index is 10.5. The minimum absolute atomic E-state index is 0.000565. The summed E-state index contributed by atoms with van der Waals surface area (Å²) in [4.78, 5) is 14.1. The second-order valence-electron chi connectivity index (χ2n) is 2.97. The van der Waals surface area contributed by atoms with Crippen molar-refractivity contribution in [1.29, 1.82) is 5.26 Å². The number of nitrogens with zero attached hydrogens (tertiary/aromatic N) is 3. The van der Waals surface area contributed by atoms with Gasteiger partial charge in [0, 0.05) is 23.7 Å². The highest BCUT2D eigenvalue weighted by Crippen LogP contribution is 2.19. The van der Waals surface area contributed by atoms with Crippen LogP contribution in [0.2, 0.25) is 0 Å². The van der Waals surface area contributed by atoms with Crippen LogP contribution < -0.4 is 0 Å². The molecule has 0 amide bonds. The Hall–Kier alpha value is -2.48. The van der Waals surface area contributed by atoms with E-state index in [9.17, 15) is 10.1 Å². The zero-order valence-electron chi connectivity index (χ0n) is 7.54. The quantitative estimate of drug-likeness (QED) is 0.519. The van der Waals surface area contributed by atoms with Gasteiger partial charge in [-0.1, -0.05) is 0 Å². The van der Waals surface area contributed by atoms with E-state index in [4.69, 9.17) is 5.26 Å². The molecule has 5 nitrogen and oxygen atoms in total. The number of aromatic nitrogens is 1. The van der Waals surface area contributed by atoms with E-state index < -0.39 is 4.92 Å². The van der Waals surface area contributed by atoms with Gasteiger partial charge in [-0.05, 0) is 12.1 Å². The van der Waals surface area contributed by atoms with Gasteiger partial charge in [-0.2, -0.15) is 5.26 Å². The second kappa shape index (κ2) is 3.35. The van der Waals surface area contributed by atoms with Gasteiger partial charge >= 0.3 is 0 Å². The summed E-state index contributed by atoms with van der Waals surface area (Å²) in [6.07, 6.45) is 1.44. The van der Waals surface area contributed by atoms with Crippen LogP contribution in [-0.4, -0.2) is 9.91 Å². The van der Waals surface area contributed by atoms with Crippen LogP contribution in [0.25, 0.3) is 10.9 Å². The molecule has 0 aliphatic heterocycles. The van der Waals surface area contributed by atoms with Crippen molar-refractivity contribution in [1.82, 2.24) is 4.98 Å². The summed E-state index contributed by atoms with van der Waals surface area (Å²) in [5.74, 6) is 0. The monoisotopic (exact) mass is 199 g/mol. The van der Waals surface area contributed by atoms with Gasteiger partial charge in [0.05, 0.1) is 16.0 Å². The van der Waals surface area contributed by atoms with E-state index in [1.807, 2.05) is 6.07 Å². The van der Waals surface area contributed by atoms with Crippen LogP contribution in [-0.2, 0) is 0 Å². The van der Waals surface area contributed by atoms with Gasteiger partial charge in [0.25, 0.3) is 5.69 Å². The largest absolute Gasteiger partial charge is 0.270 e. The molecule has 1 aromatic carbocycles. The molecule has 0 fully saturated rings. The van der Waals surface area contributed by atoms with Crippen LogP contribution in [0.3, 0.4) is 0 Å². The van der Waals surface area contributed by atoms with Gasteiger partial charge in [-0.15, -0.1) is 0 Å². The van der Waals surface area contributed by atoms with E-state index in [1.54, 1.807) is 12.1 Å². The van der Waals surface area contributed by atoms with Crippen molar-refractivity contribution >= 4 is 16.6 Å². The average molecular weight is 199 g/mol. The molecule has 2 aromatic rings. The molecule has 0 aliphatic carbocycles. The van der Waals surface area contributed by atoms with Crippen LogP contribution in [0, 0.1) is 21.4 Å². The molecule has 0 aliphatic rings. The fraction of sp³-hybridized carbons (Fsp3) is 0. The van der Waals surface area contributed by atoms with Gasteiger partial charge < -0.3 is 0 Å². The van der Waals surface area contributed by atoms with Crippen molar-refractivity contribution in [2.24, 2.45) is 0 Å². The fourth-order valence-electron chi connectivity index (χ4n) is 1.29. The summed E-state index contributed by atoms with van der Waals surface area (Å²) >= 11 is 0. The molecule has 1 aromatic heterocycles. The second-order valence-corrected chi connectivity index (χ2v) is 2.97. The van der Waals surface area contributed by atoms with E-state index in [2.05, 4.69) is 4.98 Å². The number of non-ortho nitro benzene ring substituents is 1. The number of nitro benzene ring substituents is 1. The first-order valence-electron chi connectivity index (χ1n) is 4.15. The van der Waals surface area contributed by atoms with Crippen LogP contribution in [0.15, 0.2) is 30.5 Å². The third-order valence-electron chi connectivity index (χ3n) is 2.00. The smallest absolute Gasteiger partial charge is 0.258 e. The van der Waals surface area contributed by atoms with Crippen molar-refractivity contribution in [3.8, 4) is 6.07 Å². The standard InChI is InChI=1S/C10H5N3O2/c11-5-7-3-8-4-9(13(14)15)1-2-10(8)12-6-7/h1-4,6H. The predicted octanol–water partition coefficient (Wildman–Crippen LogP) is 2.01. The van der Waals surface area contributed by atoms with Crippen molar-refractivity contribution in [3.05, 3.63) is 46.1 Å². The minimum Gasteiger partial charge on any atom is -0.258 e. The number of hydrogen-bond donors (Lipinski definition) is 0. The van der Waals surface area contributed by atoms with Crippen molar-refractivity contribution in [2.75, 3.05) is 0 Å². The molecule has 2 rings (SSSR count). The predicted molar refractivity (Wildman–Crippen MR) is 53.1 cm³/mol. The summed E-state index contributed by atoms with van der Waals surface area (Å²) in [7, 11) is 0. The van der Waals surface area contributed by atoms with E-state index in [-0.39, 0.29) is 5.69 Å². The highest BCUT2D eigenvalue weighted by atomic mass is 16.6. The number of pyridine rings is 1. The molecule has 0 unspecified atom stereocenters. The molecule has 72 valence electrons. The Bertz CT molecular complexity index is 587. The molecule has 1 heterocycles. The first-order valence-corrected chi connectivity index (χ1v) is 4.15. The van der Waals surface area contributed by atoms with Crippen molar-refractivity contribution in [3.63, 3.8) is 0 Å². The molecular formula is C10H5N3O2. The van der Waals surface area contributed by atoms with Crippen LogP contribution in [0.5, 0.6) is 0 Å². The minimum atomic E-state index is -0.474. The number of nitriles is 1. The molecule has 5 heteroatoms. The average Bonchev–Trinajstić information content (AvgIpc) is 2.27. The van der Waals surface area contributed by atoms with E-state index in [0.717, 1.165) is 0 Å². The summed E-state index contributed by atoms with van der Waals surface area (Å²) in [6.45, 7) is 0. The lowest BCUT2D eigenvalue weighted by Gasteiger charge is -1.97. The summed E-state index contributed by atoms with van der Waals surface area (Å²) in [5, 5.41) is 19.8. The van der Waals surface area contributed by atoms with Gasteiger partial charge in [0.2, 0.25) is 0 Å². The SMILES string of the molecule is N#Cc1cnc2ccc([N+](=O)[O-])cc2c1. The summed E-state index contributed by atoms with van der Waals surface area (Å²) < 4.78 is 0. The maximum absolute atomic E-state index is 10.5. The maximum Gasteiger partial charge on any atom is 0.270 e. The lowest BCUT2D eigenvalue weighted by molar-refractivity contribution is -0.384. The molecule has 0 N–H and O–H groups in total. The first-order chi connectivity index (χ1) is 7.20. The Morgan fingerprint density at radius 3 is 2.87 bits per heavy atom. The first kappa shape index (κ1) is 9.09. The Kier molecular flexibility index (Phi) is 2.03. The molecule has 0 saturated carbocycles. The zero-order chi connectivity index (χ0) is 10.8. The van der Waals surface area contributed by atoms with E-state index >= 15 is 0 Å². The van der Waals surface area contributed by atoms with Crippen LogP contribution in [0.4, 0.5) is 5.69 Å².